The molecule has 3 aromatic rings. The molecule has 1 aromatic carbocycles. The van der Waals surface area contributed by atoms with E-state index >= 15 is 0 Å². The number of hydrogen-bond acceptors (Lipinski definition) is 9. The number of rotatable bonds is 8. The summed E-state index contributed by atoms with van der Waals surface area (Å²) in [6.07, 6.45) is 4.38. The molecule has 0 saturated heterocycles. The summed E-state index contributed by atoms with van der Waals surface area (Å²) in [5, 5.41) is 10.1. The van der Waals surface area contributed by atoms with Crippen LogP contribution in [0.3, 0.4) is 0 Å². The minimum absolute atomic E-state index is 0.0227. The van der Waals surface area contributed by atoms with Crippen molar-refractivity contribution in [1.29, 1.82) is 0 Å². The van der Waals surface area contributed by atoms with Gasteiger partial charge < -0.3 is 19.2 Å². The number of nitrogens with zero attached hydrogens (tertiary/aromatic N) is 3. The summed E-state index contributed by atoms with van der Waals surface area (Å²) in [5.41, 5.74) is 1.61. The molecule has 35 heavy (non-hydrogen) atoms. The number of benzene rings is 1. The highest BCUT2D eigenvalue weighted by Crippen LogP contribution is 2.29. The Kier molecular flexibility index (Phi) is 7.33. The van der Waals surface area contributed by atoms with Crippen molar-refractivity contribution in [2.24, 2.45) is 5.92 Å². The molecule has 0 spiro atoms. The van der Waals surface area contributed by atoms with Crippen molar-refractivity contribution >= 4 is 23.5 Å². The van der Waals surface area contributed by atoms with Crippen LogP contribution < -0.4 is 10.1 Å². The number of esters is 1. The summed E-state index contributed by atoms with van der Waals surface area (Å²) in [5.74, 6) is -2.45. The molecule has 4 rings (SSSR count). The van der Waals surface area contributed by atoms with Gasteiger partial charge in [-0.1, -0.05) is 5.10 Å². The number of nitrogens with one attached hydrogen (secondary N) is 1. The van der Waals surface area contributed by atoms with Crippen molar-refractivity contribution < 1.29 is 32.3 Å². The third kappa shape index (κ3) is 5.97. The Labute approximate surface area is 199 Å². The molecule has 0 unspecified atom stereocenters. The van der Waals surface area contributed by atoms with Crippen LogP contribution in [-0.2, 0) is 16.0 Å². The molecular formula is C24H24F2N4O5. The number of methoxy groups -OCH3 is 1. The summed E-state index contributed by atoms with van der Waals surface area (Å²) in [6.45, 7) is 1.84. The number of Topliss-reactive ketones (excluding diaryl/α,β-unsaturated/α-hetero) is 1. The number of ether oxygens (including phenoxy) is 2. The van der Waals surface area contributed by atoms with E-state index in [1.807, 2.05) is 6.92 Å². The number of hydrogen-bond donors (Lipinski definition) is 1. The SMILES string of the molecule is COC(=O)C1CCC(Oc2ncc(CC(=O)c3nnc(Nc4ccc(F)c(F)c4)o3)cc2C)CC1. The number of carbonyl (C=O) groups excluding carboxylic acids is 2. The second kappa shape index (κ2) is 10.6. The van der Waals surface area contributed by atoms with Crippen LogP contribution in [-0.4, -0.2) is 40.1 Å². The van der Waals surface area contributed by atoms with Gasteiger partial charge in [-0.3, -0.25) is 9.59 Å². The van der Waals surface area contributed by atoms with Crippen LogP contribution in [0, 0.1) is 24.5 Å². The topological polar surface area (TPSA) is 116 Å². The van der Waals surface area contributed by atoms with Crippen LogP contribution in [0.2, 0.25) is 0 Å². The Hall–Kier alpha value is -3.89. The van der Waals surface area contributed by atoms with E-state index < -0.39 is 17.4 Å². The highest BCUT2D eigenvalue weighted by molar-refractivity contribution is 5.93. The van der Waals surface area contributed by atoms with Gasteiger partial charge in [0.1, 0.15) is 6.10 Å². The molecule has 0 radical (unpaired) electrons. The third-order valence-corrected chi connectivity index (χ3v) is 5.77. The Morgan fingerprint density at radius 1 is 1.11 bits per heavy atom. The highest BCUT2D eigenvalue weighted by Gasteiger charge is 2.28. The molecule has 9 nitrogen and oxygen atoms in total. The van der Waals surface area contributed by atoms with Crippen LogP contribution >= 0.6 is 0 Å². The lowest BCUT2D eigenvalue weighted by Crippen LogP contribution is -2.29. The van der Waals surface area contributed by atoms with Crippen molar-refractivity contribution in [3.63, 3.8) is 0 Å². The van der Waals surface area contributed by atoms with Crippen molar-refractivity contribution in [1.82, 2.24) is 15.2 Å². The average Bonchev–Trinajstić information content (AvgIpc) is 3.32. The summed E-state index contributed by atoms with van der Waals surface area (Å²) < 4.78 is 42.5. The van der Waals surface area contributed by atoms with Gasteiger partial charge in [0.15, 0.2) is 11.6 Å². The monoisotopic (exact) mass is 486 g/mol. The molecular weight excluding hydrogens is 462 g/mol. The smallest absolute Gasteiger partial charge is 0.320 e. The zero-order chi connectivity index (χ0) is 24.9. The maximum atomic E-state index is 13.3. The molecule has 1 N–H and O–H groups in total. The van der Waals surface area contributed by atoms with Gasteiger partial charge in [-0.2, -0.15) is 0 Å². The van der Waals surface area contributed by atoms with Gasteiger partial charge >= 0.3 is 12.0 Å². The van der Waals surface area contributed by atoms with Crippen LogP contribution in [0.4, 0.5) is 20.5 Å². The number of anilines is 2. The zero-order valence-corrected chi connectivity index (χ0v) is 19.2. The largest absolute Gasteiger partial charge is 0.474 e. The van der Waals surface area contributed by atoms with Gasteiger partial charge in [0, 0.05) is 29.9 Å². The van der Waals surface area contributed by atoms with Gasteiger partial charge in [0.25, 0.3) is 5.89 Å². The van der Waals surface area contributed by atoms with Crippen LogP contribution in [0.25, 0.3) is 0 Å². The molecule has 2 heterocycles. The summed E-state index contributed by atoms with van der Waals surface area (Å²) in [6, 6.07) is 4.86. The van der Waals surface area contributed by atoms with Crippen molar-refractivity contribution in [3.8, 4) is 5.88 Å². The first-order valence-corrected chi connectivity index (χ1v) is 11.1. The second-order valence-electron chi connectivity index (χ2n) is 8.35. The quantitative estimate of drug-likeness (QED) is 0.367. The van der Waals surface area contributed by atoms with Crippen molar-refractivity contribution in [3.05, 3.63) is 59.1 Å². The van der Waals surface area contributed by atoms with Gasteiger partial charge in [0.05, 0.1) is 13.0 Å². The van der Waals surface area contributed by atoms with E-state index in [1.165, 1.54) is 13.2 Å². The first kappa shape index (κ1) is 24.2. The first-order chi connectivity index (χ1) is 16.8. The van der Waals surface area contributed by atoms with E-state index in [-0.39, 0.29) is 42.0 Å². The Morgan fingerprint density at radius 3 is 2.57 bits per heavy atom. The lowest BCUT2D eigenvalue weighted by Gasteiger charge is -2.27. The number of pyridine rings is 1. The fraction of sp³-hybridized carbons (Fsp3) is 0.375. The number of aryl methyl sites for hydroxylation is 1. The van der Waals surface area contributed by atoms with Gasteiger partial charge in [-0.25, -0.2) is 13.8 Å². The molecule has 1 fully saturated rings. The second-order valence-corrected chi connectivity index (χ2v) is 8.35. The fourth-order valence-corrected chi connectivity index (χ4v) is 3.93. The third-order valence-electron chi connectivity index (χ3n) is 5.77. The molecule has 0 bridgehead atoms. The molecule has 1 saturated carbocycles. The molecule has 184 valence electrons. The molecule has 2 aromatic heterocycles. The minimum atomic E-state index is -1.03. The lowest BCUT2D eigenvalue weighted by atomic mass is 9.87. The van der Waals surface area contributed by atoms with E-state index in [1.54, 1.807) is 12.3 Å². The minimum Gasteiger partial charge on any atom is -0.474 e. The highest BCUT2D eigenvalue weighted by atomic mass is 19.2. The summed E-state index contributed by atoms with van der Waals surface area (Å²) >= 11 is 0. The fourth-order valence-electron chi connectivity index (χ4n) is 3.93. The predicted octanol–water partition coefficient (Wildman–Crippen LogP) is 4.33. The molecule has 1 aliphatic rings. The van der Waals surface area contributed by atoms with Crippen molar-refractivity contribution in [2.45, 2.75) is 45.1 Å². The van der Waals surface area contributed by atoms with E-state index in [9.17, 15) is 18.4 Å². The predicted molar refractivity (Wildman–Crippen MR) is 119 cm³/mol. The molecule has 1 aliphatic carbocycles. The summed E-state index contributed by atoms with van der Waals surface area (Å²) in [7, 11) is 1.40. The zero-order valence-electron chi connectivity index (χ0n) is 19.2. The maximum absolute atomic E-state index is 13.3. The van der Waals surface area contributed by atoms with E-state index in [2.05, 4.69) is 20.5 Å². The van der Waals surface area contributed by atoms with E-state index in [0.29, 0.717) is 24.3 Å². The van der Waals surface area contributed by atoms with Gasteiger partial charge in [-0.05, 0) is 56.4 Å². The lowest BCUT2D eigenvalue weighted by molar-refractivity contribution is -0.147. The number of ketones is 1. The molecule has 0 aliphatic heterocycles. The van der Waals surface area contributed by atoms with Crippen LogP contribution in [0.1, 0.15) is 47.5 Å². The van der Waals surface area contributed by atoms with E-state index in [0.717, 1.165) is 30.5 Å². The number of carbonyl (C=O) groups is 2. The van der Waals surface area contributed by atoms with Crippen LogP contribution in [0.5, 0.6) is 5.88 Å². The standard InChI is InChI=1S/C24H24F2N4O5/c1-13-9-14(12-27-21(13)34-17-6-3-15(4-7-17)23(32)33-2)10-20(31)22-29-30-24(35-22)28-16-5-8-18(25)19(26)11-16/h5,8-9,11-12,15,17H,3-4,6-7,10H2,1-2H3,(H,28,30). The van der Waals surface area contributed by atoms with Gasteiger partial charge in [0.2, 0.25) is 11.7 Å². The van der Waals surface area contributed by atoms with Crippen molar-refractivity contribution in [2.75, 3.05) is 12.4 Å². The van der Waals surface area contributed by atoms with E-state index in [4.69, 9.17) is 13.9 Å². The Morgan fingerprint density at radius 2 is 1.89 bits per heavy atom. The molecule has 0 amide bonds. The number of aromatic nitrogens is 3. The molecule has 0 atom stereocenters. The first-order valence-electron chi connectivity index (χ1n) is 11.1. The Balaban J connectivity index is 1.33. The van der Waals surface area contributed by atoms with Gasteiger partial charge in [-0.15, -0.1) is 5.10 Å². The Bertz CT molecular complexity index is 1220. The number of halogens is 2. The average molecular weight is 486 g/mol. The maximum Gasteiger partial charge on any atom is 0.320 e. The molecule has 11 heteroatoms. The van der Waals surface area contributed by atoms with Crippen LogP contribution in [0.15, 0.2) is 34.9 Å². The summed E-state index contributed by atoms with van der Waals surface area (Å²) in [4.78, 5) is 28.6. The normalized spacial score (nSPS) is 17.6.